The third-order valence-corrected chi connectivity index (χ3v) is 5.56. The van der Waals surface area contributed by atoms with Gasteiger partial charge in [0, 0.05) is 48.1 Å². The van der Waals surface area contributed by atoms with Crippen molar-refractivity contribution in [3.63, 3.8) is 0 Å². The second-order valence-corrected chi connectivity index (χ2v) is 7.42. The number of aryl methyl sites for hydroxylation is 1. The summed E-state index contributed by atoms with van der Waals surface area (Å²) in [7, 11) is 1.87. The minimum Gasteiger partial charge on any atom is -0.351 e. The van der Waals surface area contributed by atoms with E-state index in [0.717, 1.165) is 49.6 Å². The monoisotopic (exact) mass is 365 g/mol. The van der Waals surface area contributed by atoms with Crippen molar-refractivity contribution in [3.05, 3.63) is 41.1 Å². The van der Waals surface area contributed by atoms with Crippen LogP contribution in [0, 0.1) is 0 Å². The van der Waals surface area contributed by atoms with E-state index in [9.17, 15) is 4.79 Å². The summed E-state index contributed by atoms with van der Waals surface area (Å²) in [5.74, 6) is 0.794. The van der Waals surface area contributed by atoms with E-state index in [0.29, 0.717) is 18.2 Å². The molecule has 6 nitrogen and oxygen atoms in total. The van der Waals surface area contributed by atoms with Crippen LogP contribution in [0.1, 0.15) is 41.4 Å². The van der Waals surface area contributed by atoms with Gasteiger partial charge in [0.1, 0.15) is 0 Å². The number of aromatic nitrogens is 2. The van der Waals surface area contributed by atoms with Gasteiger partial charge in [-0.3, -0.25) is 4.79 Å². The highest BCUT2D eigenvalue weighted by atomic mass is 16.1. The zero-order valence-corrected chi connectivity index (χ0v) is 16.1. The Morgan fingerprint density at radius 1 is 1.26 bits per heavy atom. The molecule has 1 aromatic carbocycles. The molecule has 4 rings (SSSR count). The Balaban J connectivity index is 1.67. The van der Waals surface area contributed by atoms with Gasteiger partial charge in [0.15, 0.2) is 0 Å². The quantitative estimate of drug-likeness (QED) is 0.768. The highest BCUT2D eigenvalue weighted by molar-refractivity contribution is 5.95. The number of anilines is 1. The number of rotatable bonds is 6. The molecule has 1 atom stereocenters. The lowest BCUT2D eigenvalue weighted by Crippen LogP contribution is -2.46. The van der Waals surface area contributed by atoms with Crippen LogP contribution in [-0.4, -0.2) is 48.6 Å². The predicted octanol–water partition coefficient (Wildman–Crippen LogP) is 2.18. The third kappa shape index (κ3) is 3.54. The zero-order chi connectivity index (χ0) is 18.8. The second kappa shape index (κ2) is 7.64. The molecule has 1 amide bonds. The summed E-state index contributed by atoms with van der Waals surface area (Å²) in [6.07, 6.45) is 4.35. The number of hydrogen-bond acceptors (Lipinski definition) is 5. The lowest BCUT2D eigenvalue weighted by atomic mass is 10.0. The van der Waals surface area contributed by atoms with Gasteiger partial charge in [0.05, 0.1) is 5.69 Å². The number of nitrogens with zero attached hydrogens (tertiary/aromatic N) is 3. The Kier molecular flexibility index (Phi) is 5.07. The molecule has 0 bridgehead atoms. The molecule has 0 saturated carbocycles. The first-order valence-corrected chi connectivity index (χ1v) is 9.87. The number of carbonyl (C=O) groups is 1. The number of benzene rings is 1. The lowest BCUT2D eigenvalue weighted by molar-refractivity contribution is 0.0954. The average molecular weight is 365 g/mol. The number of likely N-dealkylation sites (N-methyl/N-ethyl adjacent to an activating group) is 1. The van der Waals surface area contributed by atoms with Gasteiger partial charge in [-0.05, 0) is 51.8 Å². The van der Waals surface area contributed by atoms with Gasteiger partial charge in [-0.1, -0.05) is 12.1 Å². The van der Waals surface area contributed by atoms with Crippen LogP contribution in [0.2, 0.25) is 0 Å². The average Bonchev–Trinajstić information content (AvgIpc) is 3.15. The second-order valence-electron chi connectivity index (χ2n) is 7.42. The van der Waals surface area contributed by atoms with E-state index < -0.39 is 0 Å². The van der Waals surface area contributed by atoms with E-state index in [1.165, 1.54) is 17.7 Å². The van der Waals surface area contributed by atoms with E-state index in [2.05, 4.69) is 28.5 Å². The summed E-state index contributed by atoms with van der Waals surface area (Å²) in [5.41, 5.74) is 5.10. The van der Waals surface area contributed by atoms with Crippen molar-refractivity contribution in [2.75, 3.05) is 31.6 Å². The molecule has 2 heterocycles. The smallest absolute Gasteiger partial charge is 0.251 e. The van der Waals surface area contributed by atoms with Gasteiger partial charge in [-0.15, -0.1) is 0 Å². The Morgan fingerprint density at radius 3 is 2.89 bits per heavy atom. The highest BCUT2D eigenvalue weighted by Crippen LogP contribution is 2.34. The van der Waals surface area contributed by atoms with Crippen LogP contribution < -0.4 is 15.5 Å². The Hall–Kier alpha value is -2.47. The third-order valence-electron chi connectivity index (χ3n) is 5.56. The van der Waals surface area contributed by atoms with Gasteiger partial charge >= 0.3 is 0 Å². The van der Waals surface area contributed by atoms with Gasteiger partial charge < -0.3 is 15.5 Å². The van der Waals surface area contributed by atoms with Crippen LogP contribution in [0.15, 0.2) is 24.3 Å². The van der Waals surface area contributed by atoms with Crippen LogP contribution in [0.5, 0.6) is 0 Å². The van der Waals surface area contributed by atoms with E-state index in [4.69, 9.17) is 9.97 Å². The van der Waals surface area contributed by atoms with Crippen LogP contribution in [0.4, 0.5) is 5.95 Å². The summed E-state index contributed by atoms with van der Waals surface area (Å²) >= 11 is 0. The molecule has 1 aromatic heterocycles. The molecular weight excluding hydrogens is 338 g/mol. The first kappa shape index (κ1) is 17.9. The molecule has 142 valence electrons. The minimum absolute atomic E-state index is 0.0469. The van der Waals surface area contributed by atoms with Gasteiger partial charge in [0.25, 0.3) is 5.91 Å². The number of carbonyl (C=O) groups excluding carboxylic acids is 1. The molecule has 1 fully saturated rings. The van der Waals surface area contributed by atoms with Crippen molar-refractivity contribution in [2.45, 2.75) is 38.6 Å². The highest BCUT2D eigenvalue weighted by Gasteiger charge is 2.29. The number of hydrogen-bond donors (Lipinski definition) is 2. The zero-order valence-electron chi connectivity index (χ0n) is 16.1. The molecule has 27 heavy (non-hydrogen) atoms. The van der Waals surface area contributed by atoms with Gasteiger partial charge in [-0.25, -0.2) is 9.97 Å². The summed E-state index contributed by atoms with van der Waals surface area (Å²) in [6.45, 7) is 4.60. The topological polar surface area (TPSA) is 70.2 Å². The largest absolute Gasteiger partial charge is 0.351 e. The Bertz CT molecular complexity index is 850. The molecule has 2 aromatic rings. The fraction of sp³-hybridized carbons (Fsp3) is 0.476. The molecule has 1 aliphatic carbocycles. The fourth-order valence-electron chi connectivity index (χ4n) is 3.81. The Morgan fingerprint density at radius 2 is 2.15 bits per heavy atom. The maximum absolute atomic E-state index is 12.4. The summed E-state index contributed by atoms with van der Waals surface area (Å²) in [6, 6.07) is 8.31. The Labute approximate surface area is 160 Å². The van der Waals surface area contributed by atoms with E-state index >= 15 is 0 Å². The molecule has 1 unspecified atom stereocenters. The number of fused-ring (bicyclic) bond motifs is 1. The predicted molar refractivity (Wildman–Crippen MR) is 107 cm³/mol. The van der Waals surface area contributed by atoms with Crippen molar-refractivity contribution in [2.24, 2.45) is 0 Å². The van der Waals surface area contributed by atoms with Crippen LogP contribution in [0.3, 0.4) is 0 Å². The SMILES string of the molecule is CNCCNC(=O)c1cccc(-c2nc(N3CCC3C)nc3c2CCC3)c1. The van der Waals surface area contributed by atoms with Crippen molar-refractivity contribution in [1.82, 2.24) is 20.6 Å². The molecule has 1 aliphatic heterocycles. The summed E-state index contributed by atoms with van der Waals surface area (Å²) < 4.78 is 0. The van der Waals surface area contributed by atoms with E-state index in [1.54, 1.807) is 0 Å². The lowest BCUT2D eigenvalue weighted by Gasteiger charge is -2.39. The van der Waals surface area contributed by atoms with Crippen LogP contribution >= 0.6 is 0 Å². The molecule has 2 N–H and O–H groups in total. The molecule has 1 saturated heterocycles. The standard InChI is InChI=1S/C21H27N5O/c1-14-9-12-26(14)21-24-18-8-4-7-17(18)19(25-21)15-5-3-6-16(13-15)20(27)23-11-10-22-2/h3,5-6,13-14,22H,4,7-12H2,1-2H3,(H,23,27). The minimum atomic E-state index is -0.0469. The van der Waals surface area contributed by atoms with Crippen molar-refractivity contribution < 1.29 is 4.79 Å². The van der Waals surface area contributed by atoms with Gasteiger partial charge in [-0.2, -0.15) is 0 Å². The fourth-order valence-corrected chi connectivity index (χ4v) is 3.81. The van der Waals surface area contributed by atoms with E-state index in [-0.39, 0.29) is 5.91 Å². The van der Waals surface area contributed by atoms with Crippen molar-refractivity contribution in [1.29, 1.82) is 0 Å². The number of amides is 1. The molecule has 0 radical (unpaired) electrons. The first-order chi connectivity index (χ1) is 13.2. The van der Waals surface area contributed by atoms with Gasteiger partial charge in [0.2, 0.25) is 5.95 Å². The van der Waals surface area contributed by atoms with Crippen LogP contribution in [0.25, 0.3) is 11.3 Å². The van der Waals surface area contributed by atoms with E-state index in [1.807, 2.05) is 25.2 Å². The maximum atomic E-state index is 12.4. The first-order valence-electron chi connectivity index (χ1n) is 9.87. The summed E-state index contributed by atoms with van der Waals surface area (Å²) in [5, 5.41) is 5.98. The molecule has 6 heteroatoms. The summed E-state index contributed by atoms with van der Waals surface area (Å²) in [4.78, 5) is 24.5. The normalized spacial score (nSPS) is 18.1. The van der Waals surface area contributed by atoms with Crippen LogP contribution in [-0.2, 0) is 12.8 Å². The molecule has 2 aliphatic rings. The van der Waals surface area contributed by atoms with Crippen molar-refractivity contribution >= 4 is 11.9 Å². The number of nitrogens with one attached hydrogen (secondary N) is 2. The van der Waals surface area contributed by atoms with Crippen molar-refractivity contribution in [3.8, 4) is 11.3 Å². The maximum Gasteiger partial charge on any atom is 0.251 e. The molecule has 0 spiro atoms. The molecular formula is C21H27N5O.